The van der Waals surface area contributed by atoms with E-state index in [0.717, 1.165) is 29.8 Å². The lowest BCUT2D eigenvalue weighted by Crippen LogP contribution is -2.09. The average Bonchev–Trinajstić information content (AvgIpc) is 2.72. The van der Waals surface area contributed by atoms with Crippen LogP contribution in [-0.2, 0) is 6.42 Å². The highest BCUT2D eigenvalue weighted by molar-refractivity contribution is 6.31. The van der Waals surface area contributed by atoms with Crippen molar-refractivity contribution in [2.24, 2.45) is 0 Å². The van der Waals surface area contributed by atoms with E-state index in [0.29, 0.717) is 5.02 Å². The summed E-state index contributed by atoms with van der Waals surface area (Å²) < 4.78 is 5.22. The Morgan fingerprint density at radius 3 is 2.33 bits per heavy atom. The maximum Gasteiger partial charge on any atom is 0.119 e. The fourth-order valence-corrected chi connectivity index (χ4v) is 3.03. The molecule has 0 aromatic heterocycles. The number of methoxy groups -OCH3 is 1. The lowest BCUT2D eigenvalue weighted by atomic mass is 10.1. The minimum absolute atomic E-state index is 0.178. The Labute approximate surface area is 166 Å². The van der Waals surface area contributed by atoms with Gasteiger partial charge in [-0.25, -0.2) is 0 Å². The van der Waals surface area contributed by atoms with E-state index in [1.165, 1.54) is 5.56 Å². The Hall–Kier alpha value is -2.89. The van der Waals surface area contributed by atoms with E-state index >= 15 is 0 Å². The second kappa shape index (κ2) is 9.71. The second-order valence-electron chi connectivity index (χ2n) is 6.13. The molecule has 2 nitrogen and oxygen atoms in total. The molecule has 3 heteroatoms. The number of nitrogens with one attached hydrogen (secondary N) is 1. The number of rotatable bonds is 6. The van der Waals surface area contributed by atoms with Crippen molar-refractivity contribution in [2.45, 2.75) is 18.9 Å². The maximum atomic E-state index is 6.41. The van der Waals surface area contributed by atoms with Gasteiger partial charge in [-0.05, 0) is 42.3 Å². The zero-order valence-corrected chi connectivity index (χ0v) is 16.0. The summed E-state index contributed by atoms with van der Waals surface area (Å²) in [4.78, 5) is 0. The van der Waals surface area contributed by atoms with Gasteiger partial charge in [0.2, 0.25) is 0 Å². The van der Waals surface area contributed by atoms with E-state index in [2.05, 4.69) is 41.4 Å². The molecule has 0 aliphatic rings. The first-order valence-electron chi connectivity index (χ1n) is 8.93. The van der Waals surface area contributed by atoms with E-state index in [-0.39, 0.29) is 6.04 Å². The van der Waals surface area contributed by atoms with Crippen molar-refractivity contribution in [1.82, 2.24) is 0 Å². The minimum Gasteiger partial charge on any atom is -0.497 e. The Bertz CT molecular complexity index is 910. The first-order valence-corrected chi connectivity index (χ1v) is 9.31. The molecule has 27 heavy (non-hydrogen) atoms. The first kappa shape index (κ1) is 18.9. The molecule has 0 saturated heterocycles. The van der Waals surface area contributed by atoms with E-state index in [1.807, 2.05) is 54.6 Å². The third kappa shape index (κ3) is 5.54. The summed E-state index contributed by atoms with van der Waals surface area (Å²) in [5.74, 6) is 7.48. The molecule has 136 valence electrons. The van der Waals surface area contributed by atoms with Crippen LogP contribution in [0.25, 0.3) is 0 Å². The molecule has 0 amide bonds. The first-order chi connectivity index (χ1) is 13.3. The highest BCUT2D eigenvalue weighted by Gasteiger charge is 2.12. The van der Waals surface area contributed by atoms with Crippen molar-refractivity contribution in [3.63, 3.8) is 0 Å². The summed E-state index contributed by atoms with van der Waals surface area (Å²) in [6.07, 6.45) is 1.74. The standard InChI is InChI=1S/C24H22ClNO/c1-27-21-17-15-20(16-18-21)26-24(22-12-6-7-13-23(22)25)14-8-5-11-19-9-3-2-4-10-19/h2-4,6-7,9-10,12-13,15-18,24,26H,5,11H2,1H3/t24-/m0/s1. The van der Waals surface area contributed by atoms with Crippen molar-refractivity contribution in [1.29, 1.82) is 0 Å². The molecule has 0 aliphatic heterocycles. The number of aryl methyl sites for hydroxylation is 1. The van der Waals surface area contributed by atoms with Crippen molar-refractivity contribution >= 4 is 17.3 Å². The summed E-state index contributed by atoms with van der Waals surface area (Å²) in [6, 6.07) is 25.8. The van der Waals surface area contributed by atoms with E-state index in [1.54, 1.807) is 7.11 Å². The maximum absolute atomic E-state index is 6.41. The summed E-state index contributed by atoms with van der Waals surface area (Å²) in [5.41, 5.74) is 3.24. The zero-order chi connectivity index (χ0) is 18.9. The molecule has 0 saturated carbocycles. The monoisotopic (exact) mass is 375 g/mol. The van der Waals surface area contributed by atoms with Gasteiger partial charge in [0.15, 0.2) is 0 Å². The van der Waals surface area contributed by atoms with E-state index < -0.39 is 0 Å². The third-order valence-electron chi connectivity index (χ3n) is 4.25. The van der Waals surface area contributed by atoms with Crippen LogP contribution in [0.2, 0.25) is 5.02 Å². The van der Waals surface area contributed by atoms with Gasteiger partial charge in [0.25, 0.3) is 0 Å². The number of ether oxygens (including phenoxy) is 1. The number of anilines is 1. The summed E-state index contributed by atoms with van der Waals surface area (Å²) in [5, 5.41) is 4.18. The van der Waals surface area contributed by atoms with Gasteiger partial charge in [-0.1, -0.05) is 66.1 Å². The van der Waals surface area contributed by atoms with Crippen molar-refractivity contribution in [2.75, 3.05) is 12.4 Å². The van der Waals surface area contributed by atoms with Crippen LogP contribution < -0.4 is 10.1 Å². The number of halogens is 1. The molecule has 0 aliphatic carbocycles. The molecule has 1 atom stereocenters. The van der Waals surface area contributed by atoms with Crippen molar-refractivity contribution in [3.8, 4) is 17.6 Å². The van der Waals surface area contributed by atoms with Gasteiger partial charge in [-0.3, -0.25) is 0 Å². The van der Waals surface area contributed by atoms with Gasteiger partial charge in [0, 0.05) is 22.7 Å². The highest BCUT2D eigenvalue weighted by atomic mass is 35.5. The van der Waals surface area contributed by atoms with Crippen LogP contribution in [0.15, 0.2) is 78.9 Å². The number of hydrogen-bond donors (Lipinski definition) is 1. The van der Waals surface area contributed by atoms with Crippen LogP contribution in [0, 0.1) is 11.8 Å². The van der Waals surface area contributed by atoms with Gasteiger partial charge < -0.3 is 10.1 Å². The molecule has 3 aromatic carbocycles. The Morgan fingerprint density at radius 1 is 0.926 bits per heavy atom. The quantitative estimate of drug-likeness (QED) is 0.522. The molecule has 3 rings (SSSR count). The number of benzene rings is 3. The van der Waals surface area contributed by atoms with E-state index in [9.17, 15) is 0 Å². The molecule has 3 aromatic rings. The second-order valence-corrected chi connectivity index (χ2v) is 6.54. The molecule has 0 radical (unpaired) electrons. The van der Waals surface area contributed by atoms with Crippen LogP contribution in [0.5, 0.6) is 5.75 Å². The SMILES string of the molecule is COc1ccc(N[C@@H](C#CCCc2ccccc2)c2ccccc2Cl)cc1. The molecular weight excluding hydrogens is 354 g/mol. The van der Waals surface area contributed by atoms with Crippen molar-refractivity contribution < 1.29 is 4.74 Å². The Kier molecular flexibility index (Phi) is 6.79. The Balaban J connectivity index is 1.75. The van der Waals surface area contributed by atoms with Gasteiger partial charge in [-0.2, -0.15) is 0 Å². The molecule has 0 bridgehead atoms. The molecular formula is C24H22ClNO. The zero-order valence-electron chi connectivity index (χ0n) is 15.3. The van der Waals surface area contributed by atoms with E-state index in [4.69, 9.17) is 16.3 Å². The molecule has 0 spiro atoms. The normalized spacial score (nSPS) is 11.2. The predicted octanol–water partition coefficient (Wildman–Crippen LogP) is 6.14. The lowest BCUT2D eigenvalue weighted by Gasteiger charge is -2.16. The molecule has 0 unspecified atom stereocenters. The molecule has 1 N–H and O–H groups in total. The average molecular weight is 376 g/mol. The smallest absolute Gasteiger partial charge is 0.119 e. The summed E-state index contributed by atoms with van der Waals surface area (Å²) in [7, 11) is 1.66. The molecule has 0 fully saturated rings. The van der Waals surface area contributed by atoms with Gasteiger partial charge in [-0.15, -0.1) is 5.92 Å². The fourth-order valence-electron chi connectivity index (χ4n) is 2.78. The fraction of sp³-hybridized carbons (Fsp3) is 0.167. The minimum atomic E-state index is -0.178. The Morgan fingerprint density at radius 2 is 1.63 bits per heavy atom. The van der Waals surface area contributed by atoms with Crippen molar-refractivity contribution in [3.05, 3.63) is 95.0 Å². The lowest BCUT2D eigenvalue weighted by molar-refractivity contribution is 0.415. The predicted molar refractivity (Wildman–Crippen MR) is 113 cm³/mol. The van der Waals surface area contributed by atoms with Gasteiger partial charge in [0.1, 0.15) is 11.8 Å². The van der Waals surface area contributed by atoms with Crippen LogP contribution in [0.4, 0.5) is 5.69 Å². The summed E-state index contributed by atoms with van der Waals surface area (Å²) >= 11 is 6.41. The van der Waals surface area contributed by atoms with Crippen LogP contribution in [0.1, 0.15) is 23.6 Å². The molecule has 0 heterocycles. The highest BCUT2D eigenvalue weighted by Crippen LogP contribution is 2.26. The van der Waals surface area contributed by atoms with Crippen LogP contribution >= 0.6 is 11.6 Å². The van der Waals surface area contributed by atoms with Gasteiger partial charge >= 0.3 is 0 Å². The van der Waals surface area contributed by atoms with Crippen LogP contribution in [-0.4, -0.2) is 7.11 Å². The summed E-state index contributed by atoms with van der Waals surface area (Å²) in [6.45, 7) is 0. The third-order valence-corrected chi connectivity index (χ3v) is 4.59. The number of hydrogen-bond acceptors (Lipinski definition) is 2. The van der Waals surface area contributed by atoms with Crippen LogP contribution in [0.3, 0.4) is 0 Å². The topological polar surface area (TPSA) is 21.3 Å². The largest absolute Gasteiger partial charge is 0.497 e. The van der Waals surface area contributed by atoms with Gasteiger partial charge in [0.05, 0.1) is 7.11 Å².